The van der Waals surface area contributed by atoms with E-state index in [1.54, 1.807) is 0 Å². The second kappa shape index (κ2) is 4.18. The highest BCUT2D eigenvalue weighted by molar-refractivity contribution is 6.24. The first-order valence-corrected chi connectivity index (χ1v) is 4.64. The lowest BCUT2D eigenvalue weighted by Gasteiger charge is -2.32. The van der Waals surface area contributed by atoms with Crippen LogP contribution < -0.4 is 0 Å². The fourth-order valence-electron chi connectivity index (χ4n) is 1.78. The van der Waals surface area contributed by atoms with Crippen molar-refractivity contribution < 1.29 is 10.0 Å². The molecular formula is C7H11ClN2O4. The molecule has 3 atom stereocenters. The van der Waals surface area contributed by atoms with Gasteiger partial charge in [0.15, 0.2) is 0 Å². The summed E-state index contributed by atoms with van der Waals surface area (Å²) in [5.74, 6) is 0. The third-order valence-electron chi connectivity index (χ3n) is 2.48. The number of halogens is 1. The standard InChI is InChI=1S/C7H11ClN2O4/c8-7(4-11)2-5(9-12)1-6(3-7)10(13)14/h5-6,11H,1-4H2. The molecular weight excluding hydrogens is 212 g/mol. The van der Waals surface area contributed by atoms with Crippen LogP contribution in [-0.2, 0) is 0 Å². The molecule has 0 radical (unpaired) electrons. The van der Waals surface area contributed by atoms with Gasteiger partial charge in [-0.15, -0.1) is 11.6 Å². The summed E-state index contributed by atoms with van der Waals surface area (Å²) < 4.78 is 0. The molecule has 0 bridgehead atoms. The maximum Gasteiger partial charge on any atom is 0.217 e. The largest absolute Gasteiger partial charge is 0.395 e. The van der Waals surface area contributed by atoms with Crippen molar-refractivity contribution in [3.8, 4) is 0 Å². The summed E-state index contributed by atoms with van der Waals surface area (Å²) in [7, 11) is 0. The van der Waals surface area contributed by atoms with Crippen molar-refractivity contribution in [3.05, 3.63) is 15.0 Å². The maximum absolute atomic E-state index is 10.5. The number of hydrogen-bond acceptors (Lipinski definition) is 5. The van der Waals surface area contributed by atoms with Crippen LogP contribution in [0.15, 0.2) is 5.18 Å². The van der Waals surface area contributed by atoms with Crippen LogP contribution in [0.4, 0.5) is 0 Å². The SMILES string of the molecule is O=NC1CC([N+](=O)[O-])CC(Cl)(CO)C1. The number of aliphatic hydroxyl groups excluding tert-OH is 1. The molecule has 0 amide bonds. The molecule has 6 nitrogen and oxygen atoms in total. The fraction of sp³-hybridized carbons (Fsp3) is 1.00. The van der Waals surface area contributed by atoms with Crippen LogP contribution in [0.2, 0.25) is 0 Å². The molecule has 1 fully saturated rings. The third-order valence-corrected chi connectivity index (χ3v) is 2.91. The number of nitro groups is 1. The topological polar surface area (TPSA) is 92.8 Å². The Kier molecular flexibility index (Phi) is 3.38. The van der Waals surface area contributed by atoms with Gasteiger partial charge in [-0.25, -0.2) is 0 Å². The number of alkyl halides is 1. The van der Waals surface area contributed by atoms with Gasteiger partial charge in [0.05, 0.1) is 11.5 Å². The van der Waals surface area contributed by atoms with Gasteiger partial charge in [-0.1, -0.05) is 5.18 Å². The average molecular weight is 223 g/mol. The van der Waals surface area contributed by atoms with Crippen molar-refractivity contribution in [1.29, 1.82) is 0 Å². The smallest absolute Gasteiger partial charge is 0.217 e. The molecule has 0 aromatic rings. The molecule has 1 aliphatic carbocycles. The highest BCUT2D eigenvalue weighted by Crippen LogP contribution is 2.36. The zero-order valence-corrected chi connectivity index (χ0v) is 8.18. The van der Waals surface area contributed by atoms with Gasteiger partial charge in [-0.3, -0.25) is 10.1 Å². The van der Waals surface area contributed by atoms with Crippen LogP contribution in [0.25, 0.3) is 0 Å². The Morgan fingerprint density at radius 2 is 2.29 bits per heavy atom. The first-order valence-electron chi connectivity index (χ1n) is 4.26. The van der Waals surface area contributed by atoms with Gasteiger partial charge in [0.2, 0.25) is 6.04 Å². The summed E-state index contributed by atoms with van der Waals surface area (Å²) >= 11 is 5.92. The van der Waals surface area contributed by atoms with Gasteiger partial charge >= 0.3 is 0 Å². The lowest BCUT2D eigenvalue weighted by Crippen LogP contribution is -2.44. The summed E-state index contributed by atoms with van der Waals surface area (Å²) in [6.45, 7) is -0.370. The quantitative estimate of drug-likeness (QED) is 0.333. The minimum Gasteiger partial charge on any atom is -0.395 e. The second-order valence-electron chi connectivity index (χ2n) is 3.65. The molecule has 7 heteroatoms. The van der Waals surface area contributed by atoms with Crippen molar-refractivity contribution in [3.63, 3.8) is 0 Å². The van der Waals surface area contributed by atoms with E-state index in [2.05, 4.69) is 5.18 Å². The number of nitrogens with zero attached hydrogens (tertiary/aromatic N) is 2. The molecule has 0 heterocycles. The first-order chi connectivity index (χ1) is 6.50. The summed E-state index contributed by atoms with van der Waals surface area (Å²) in [6.07, 6.45) is 0.411. The van der Waals surface area contributed by atoms with Crippen LogP contribution in [0.3, 0.4) is 0 Å². The van der Waals surface area contributed by atoms with Crippen LogP contribution in [0, 0.1) is 15.0 Å². The zero-order valence-electron chi connectivity index (χ0n) is 7.43. The van der Waals surface area contributed by atoms with E-state index < -0.39 is 21.9 Å². The Balaban J connectivity index is 2.75. The molecule has 0 saturated heterocycles. The summed E-state index contributed by atoms with van der Waals surface area (Å²) in [5, 5.41) is 22.3. The Morgan fingerprint density at radius 1 is 1.64 bits per heavy atom. The number of hydrogen-bond donors (Lipinski definition) is 1. The Hall–Kier alpha value is -0.750. The summed E-state index contributed by atoms with van der Waals surface area (Å²) in [5.41, 5.74) is 0. The van der Waals surface area contributed by atoms with E-state index >= 15 is 0 Å². The van der Waals surface area contributed by atoms with Crippen molar-refractivity contribution in [2.24, 2.45) is 5.18 Å². The predicted molar refractivity (Wildman–Crippen MR) is 49.9 cm³/mol. The highest BCUT2D eigenvalue weighted by atomic mass is 35.5. The van der Waals surface area contributed by atoms with Crippen molar-refractivity contribution >= 4 is 11.6 Å². The monoisotopic (exact) mass is 222 g/mol. The molecule has 0 aliphatic heterocycles. The Labute approximate surface area is 85.4 Å². The second-order valence-corrected chi connectivity index (χ2v) is 4.45. The van der Waals surface area contributed by atoms with Crippen molar-refractivity contribution in [2.75, 3.05) is 6.61 Å². The van der Waals surface area contributed by atoms with Gasteiger partial charge < -0.3 is 5.11 Å². The van der Waals surface area contributed by atoms with Gasteiger partial charge in [0.1, 0.15) is 6.04 Å². The van der Waals surface area contributed by atoms with E-state index in [-0.39, 0.29) is 25.9 Å². The summed E-state index contributed by atoms with van der Waals surface area (Å²) in [6, 6.07) is -1.54. The summed E-state index contributed by atoms with van der Waals surface area (Å²) in [4.78, 5) is 19.3. The van der Waals surface area contributed by atoms with Gasteiger partial charge in [-0.2, -0.15) is 4.91 Å². The van der Waals surface area contributed by atoms with Crippen LogP contribution >= 0.6 is 11.6 Å². The van der Waals surface area contributed by atoms with E-state index in [0.717, 1.165) is 0 Å². The lowest BCUT2D eigenvalue weighted by molar-refractivity contribution is -0.527. The molecule has 3 unspecified atom stereocenters. The first kappa shape index (κ1) is 11.3. The maximum atomic E-state index is 10.5. The number of nitroso groups, excluding NO2 is 1. The predicted octanol–water partition coefficient (Wildman–Crippen LogP) is 0.921. The van der Waals surface area contributed by atoms with Gasteiger partial charge in [0, 0.05) is 17.8 Å². The Bertz CT molecular complexity index is 250. The van der Waals surface area contributed by atoms with E-state index in [4.69, 9.17) is 16.7 Å². The number of rotatable bonds is 3. The molecule has 0 aromatic heterocycles. The number of aliphatic hydroxyl groups is 1. The normalized spacial score (nSPS) is 37.9. The minimum absolute atomic E-state index is 0.0874. The van der Waals surface area contributed by atoms with Crippen molar-refractivity contribution in [2.45, 2.75) is 36.2 Å². The molecule has 14 heavy (non-hydrogen) atoms. The molecule has 0 spiro atoms. The molecule has 1 aliphatic rings. The highest BCUT2D eigenvalue weighted by Gasteiger charge is 2.44. The van der Waals surface area contributed by atoms with Gasteiger partial charge in [0.25, 0.3) is 0 Å². The molecule has 1 saturated carbocycles. The lowest BCUT2D eigenvalue weighted by atomic mass is 9.83. The van der Waals surface area contributed by atoms with E-state index in [1.807, 2.05) is 0 Å². The van der Waals surface area contributed by atoms with Crippen LogP contribution in [0.1, 0.15) is 19.3 Å². The van der Waals surface area contributed by atoms with Crippen molar-refractivity contribution in [1.82, 2.24) is 0 Å². The molecule has 1 N–H and O–H groups in total. The van der Waals surface area contributed by atoms with Crippen LogP contribution in [0.5, 0.6) is 0 Å². The zero-order chi connectivity index (χ0) is 10.8. The minimum atomic E-state index is -1.06. The Morgan fingerprint density at radius 3 is 2.71 bits per heavy atom. The molecule has 0 aromatic carbocycles. The average Bonchev–Trinajstić information content (AvgIpc) is 2.17. The van der Waals surface area contributed by atoms with E-state index in [9.17, 15) is 15.0 Å². The third kappa shape index (κ3) is 2.39. The van der Waals surface area contributed by atoms with E-state index in [0.29, 0.717) is 0 Å². The van der Waals surface area contributed by atoms with E-state index in [1.165, 1.54) is 0 Å². The van der Waals surface area contributed by atoms with Gasteiger partial charge in [-0.05, 0) is 6.42 Å². The fourth-order valence-corrected chi connectivity index (χ4v) is 2.13. The molecule has 80 valence electrons. The van der Waals surface area contributed by atoms with Crippen LogP contribution in [-0.4, -0.2) is 33.6 Å². The molecule has 1 rings (SSSR count).